The highest BCUT2D eigenvalue weighted by atomic mass is 32.2. The van der Waals surface area contributed by atoms with Crippen LogP contribution in [0.4, 0.5) is 10.1 Å². The van der Waals surface area contributed by atoms with Crippen LogP contribution in [-0.2, 0) is 20.7 Å². The molecule has 1 heterocycles. The number of thioether (sulfide) groups is 1. The summed E-state index contributed by atoms with van der Waals surface area (Å²) in [5.74, 6) is -0.769. The van der Waals surface area contributed by atoms with Crippen molar-refractivity contribution < 1.29 is 18.7 Å². The van der Waals surface area contributed by atoms with Gasteiger partial charge in [-0.05, 0) is 31.5 Å². The van der Waals surface area contributed by atoms with Gasteiger partial charge in [-0.25, -0.2) is 9.37 Å². The van der Waals surface area contributed by atoms with E-state index in [2.05, 4.69) is 10.3 Å². The smallest absolute Gasteiger partial charge is 0.311 e. The predicted octanol–water partition coefficient (Wildman–Crippen LogP) is 3.43. The van der Waals surface area contributed by atoms with Crippen molar-refractivity contribution >= 4 is 40.7 Å². The zero-order chi connectivity index (χ0) is 17.5. The van der Waals surface area contributed by atoms with E-state index >= 15 is 0 Å². The summed E-state index contributed by atoms with van der Waals surface area (Å²) in [6.45, 7) is 3.75. The highest BCUT2D eigenvalue weighted by molar-refractivity contribution is 8.01. The number of thiazole rings is 1. The van der Waals surface area contributed by atoms with Crippen molar-refractivity contribution in [1.29, 1.82) is 0 Å². The fourth-order valence-electron chi connectivity index (χ4n) is 1.79. The van der Waals surface area contributed by atoms with Crippen molar-refractivity contribution in [2.75, 3.05) is 17.7 Å². The van der Waals surface area contributed by atoms with E-state index in [1.165, 1.54) is 29.2 Å². The molecule has 0 bridgehead atoms. The van der Waals surface area contributed by atoms with Crippen LogP contribution in [0.1, 0.15) is 18.2 Å². The largest absolute Gasteiger partial charge is 0.466 e. The molecule has 1 aromatic heterocycles. The monoisotopic (exact) mass is 368 g/mol. The van der Waals surface area contributed by atoms with Crippen molar-refractivity contribution in [2.24, 2.45) is 0 Å². The second-order valence-corrected chi connectivity index (χ2v) is 6.97. The van der Waals surface area contributed by atoms with Crippen LogP contribution in [0.5, 0.6) is 0 Å². The Labute approximate surface area is 147 Å². The summed E-state index contributed by atoms with van der Waals surface area (Å²) in [7, 11) is 0. The molecule has 8 heteroatoms. The number of nitrogens with zero attached hydrogens (tertiary/aromatic N) is 1. The van der Waals surface area contributed by atoms with Crippen LogP contribution < -0.4 is 5.32 Å². The molecular formula is C16H17FN2O3S2. The third-order valence-corrected chi connectivity index (χ3v) is 5.01. The zero-order valence-corrected chi connectivity index (χ0v) is 14.9. The lowest BCUT2D eigenvalue weighted by molar-refractivity contribution is -0.142. The third kappa shape index (κ3) is 5.61. The number of ether oxygens (including phenoxy) is 1. The Morgan fingerprint density at radius 1 is 1.42 bits per heavy atom. The van der Waals surface area contributed by atoms with Crippen LogP contribution in [0.25, 0.3) is 0 Å². The number of carbonyl (C=O) groups excluding carboxylic acids is 2. The first-order chi connectivity index (χ1) is 11.5. The molecule has 128 valence electrons. The van der Waals surface area contributed by atoms with E-state index in [0.717, 1.165) is 0 Å². The Morgan fingerprint density at radius 3 is 2.92 bits per heavy atom. The molecule has 0 saturated heterocycles. The second-order valence-electron chi connectivity index (χ2n) is 4.89. The van der Waals surface area contributed by atoms with Gasteiger partial charge in [-0.3, -0.25) is 9.59 Å². The molecular weight excluding hydrogens is 351 g/mol. The standard InChI is InChI=1S/C16H17FN2O3S2/c1-3-22-15(21)7-12-8-23-16(19-12)24-9-14(20)18-11-5-4-10(2)13(17)6-11/h4-6,8H,3,7,9H2,1-2H3,(H,18,20). The van der Waals surface area contributed by atoms with Gasteiger partial charge in [0.1, 0.15) is 5.82 Å². The molecule has 0 atom stereocenters. The van der Waals surface area contributed by atoms with Gasteiger partial charge in [-0.1, -0.05) is 17.8 Å². The number of benzene rings is 1. The lowest BCUT2D eigenvalue weighted by atomic mass is 10.2. The van der Waals surface area contributed by atoms with E-state index < -0.39 is 0 Å². The summed E-state index contributed by atoms with van der Waals surface area (Å²) >= 11 is 2.63. The maximum Gasteiger partial charge on any atom is 0.311 e. The number of anilines is 1. The Morgan fingerprint density at radius 2 is 2.21 bits per heavy atom. The van der Waals surface area contributed by atoms with Gasteiger partial charge in [0, 0.05) is 11.1 Å². The van der Waals surface area contributed by atoms with E-state index in [0.29, 0.717) is 27.9 Å². The van der Waals surface area contributed by atoms with Crippen LogP contribution in [0.2, 0.25) is 0 Å². The van der Waals surface area contributed by atoms with Gasteiger partial charge in [0.25, 0.3) is 0 Å². The van der Waals surface area contributed by atoms with Crippen molar-refractivity contribution in [3.05, 3.63) is 40.7 Å². The van der Waals surface area contributed by atoms with E-state index in [-0.39, 0.29) is 29.9 Å². The maximum atomic E-state index is 13.4. The number of hydrogen-bond donors (Lipinski definition) is 1. The molecule has 1 amide bonds. The summed E-state index contributed by atoms with van der Waals surface area (Å²) in [5, 5.41) is 4.41. The fourth-order valence-corrected chi connectivity index (χ4v) is 3.44. The van der Waals surface area contributed by atoms with Crippen LogP contribution in [0, 0.1) is 12.7 Å². The van der Waals surface area contributed by atoms with E-state index in [1.54, 1.807) is 31.4 Å². The molecule has 24 heavy (non-hydrogen) atoms. The molecule has 1 aromatic carbocycles. The third-order valence-electron chi connectivity index (χ3n) is 2.94. The van der Waals surface area contributed by atoms with Gasteiger partial charge in [-0.15, -0.1) is 11.3 Å². The SMILES string of the molecule is CCOC(=O)Cc1csc(SCC(=O)Nc2ccc(C)c(F)c2)n1. The van der Waals surface area contributed by atoms with Gasteiger partial charge < -0.3 is 10.1 Å². The summed E-state index contributed by atoms with van der Waals surface area (Å²) in [6.07, 6.45) is 0.125. The van der Waals surface area contributed by atoms with E-state index in [9.17, 15) is 14.0 Å². The number of halogens is 1. The molecule has 0 unspecified atom stereocenters. The van der Waals surface area contributed by atoms with Gasteiger partial charge >= 0.3 is 5.97 Å². The molecule has 0 saturated carbocycles. The van der Waals surface area contributed by atoms with Crippen LogP contribution in [-0.4, -0.2) is 29.2 Å². The molecule has 0 aliphatic heterocycles. The summed E-state index contributed by atoms with van der Waals surface area (Å²) in [5.41, 5.74) is 1.58. The van der Waals surface area contributed by atoms with E-state index in [1.807, 2.05) is 0 Å². The van der Waals surface area contributed by atoms with Crippen molar-refractivity contribution in [1.82, 2.24) is 4.98 Å². The van der Waals surface area contributed by atoms with E-state index in [4.69, 9.17) is 4.74 Å². The molecule has 0 aliphatic carbocycles. The van der Waals surface area contributed by atoms with Crippen LogP contribution >= 0.6 is 23.1 Å². The average molecular weight is 368 g/mol. The zero-order valence-electron chi connectivity index (χ0n) is 13.3. The Hall–Kier alpha value is -1.93. The Bertz CT molecular complexity index is 734. The minimum Gasteiger partial charge on any atom is -0.466 e. The highest BCUT2D eigenvalue weighted by Crippen LogP contribution is 2.23. The number of hydrogen-bond acceptors (Lipinski definition) is 6. The fraction of sp³-hybridized carbons (Fsp3) is 0.312. The molecule has 0 aliphatic rings. The minimum absolute atomic E-state index is 0.125. The average Bonchev–Trinajstić information content (AvgIpc) is 2.96. The number of carbonyl (C=O) groups is 2. The lowest BCUT2D eigenvalue weighted by Gasteiger charge is -2.05. The predicted molar refractivity (Wildman–Crippen MR) is 92.9 cm³/mol. The highest BCUT2D eigenvalue weighted by Gasteiger charge is 2.11. The summed E-state index contributed by atoms with van der Waals surface area (Å²) < 4.78 is 19.0. The Balaban J connectivity index is 1.82. The molecule has 0 fully saturated rings. The quantitative estimate of drug-likeness (QED) is 0.599. The second kappa shape index (κ2) is 8.79. The number of esters is 1. The molecule has 2 aromatic rings. The minimum atomic E-state index is -0.357. The topological polar surface area (TPSA) is 68.3 Å². The number of aromatic nitrogens is 1. The van der Waals surface area contributed by atoms with Crippen molar-refractivity contribution in [3.63, 3.8) is 0 Å². The maximum absolute atomic E-state index is 13.4. The first kappa shape index (κ1) is 18.4. The molecule has 1 N–H and O–H groups in total. The molecule has 0 radical (unpaired) electrons. The van der Waals surface area contributed by atoms with Gasteiger partial charge in [0.05, 0.1) is 24.5 Å². The summed E-state index contributed by atoms with van der Waals surface area (Å²) in [6, 6.07) is 4.56. The van der Waals surface area contributed by atoms with Crippen LogP contribution in [0.15, 0.2) is 27.9 Å². The molecule has 0 spiro atoms. The number of rotatable bonds is 7. The summed E-state index contributed by atoms with van der Waals surface area (Å²) in [4.78, 5) is 27.6. The van der Waals surface area contributed by atoms with Crippen LogP contribution in [0.3, 0.4) is 0 Å². The lowest BCUT2D eigenvalue weighted by Crippen LogP contribution is -2.14. The number of aryl methyl sites for hydroxylation is 1. The molecule has 5 nitrogen and oxygen atoms in total. The number of amides is 1. The van der Waals surface area contributed by atoms with Gasteiger partial charge in [0.2, 0.25) is 5.91 Å². The van der Waals surface area contributed by atoms with Gasteiger partial charge in [-0.2, -0.15) is 0 Å². The first-order valence-corrected chi connectivity index (χ1v) is 9.13. The van der Waals surface area contributed by atoms with Crippen molar-refractivity contribution in [3.8, 4) is 0 Å². The number of nitrogens with one attached hydrogen (secondary N) is 1. The molecule has 2 rings (SSSR count). The normalized spacial score (nSPS) is 10.5. The van der Waals surface area contributed by atoms with Crippen molar-refractivity contribution in [2.45, 2.75) is 24.6 Å². The van der Waals surface area contributed by atoms with Gasteiger partial charge in [0.15, 0.2) is 4.34 Å². The Kier molecular flexibility index (Phi) is 6.74. The first-order valence-electron chi connectivity index (χ1n) is 7.26.